The van der Waals surface area contributed by atoms with Gasteiger partial charge in [0.25, 0.3) is 0 Å². The Morgan fingerprint density at radius 1 is 1.88 bits per heavy atom. The maximum Gasteiger partial charge on any atom is 0.174 e. The molecule has 8 heavy (non-hydrogen) atoms. The molecule has 1 unspecified atom stereocenters. The van der Waals surface area contributed by atoms with Crippen LogP contribution in [-0.2, 0) is 14.9 Å². The lowest BCUT2D eigenvalue weighted by Crippen LogP contribution is -2.04. The highest BCUT2D eigenvalue weighted by molar-refractivity contribution is 5.10. The zero-order valence-electron chi connectivity index (χ0n) is 4.16. The van der Waals surface area contributed by atoms with Gasteiger partial charge in [-0.15, -0.1) is 0 Å². The molecule has 3 nitrogen and oxygen atoms in total. The van der Waals surface area contributed by atoms with Crippen molar-refractivity contribution >= 4 is 0 Å². The molecule has 1 atom stereocenters. The van der Waals surface area contributed by atoms with E-state index in [-0.39, 0.29) is 0 Å². The van der Waals surface area contributed by atoms with E-state index >= 15 is 0 Å². The standard InChI is InChI=1S/C5H5O3/c1-4-5(8-6)2-3-7-4/h2-3,5H,1H2. The molecule has 0 aromatic carbocycles. The summed E-state index contributed by atoms with van der Waals surface area (Å²) in [5.41, 5.74) is 0. The molecule has 1 rings (SSSR count). The third-order valence-electron chi connectivity index (χ3n) is 0.894. The van der Waals surface area contributed by atoms with Crippen molar-refractivity contribution in [3.8, 4) is 0 Å². The molecule has 0 spiro atoms. The van der Waals surface area contributed by atoms with Gasteiger partial charge in [-0.25, -0.2) is 0 Å². The SMILES string of the molecule is C=C1OC=CC1O[O]. The summed E-state index contributed by atoms with van der Waals surface area (Å²) < 4.78 is 4.66. The molecular formula is C5H5O3. The quantitative estimate of drug-likeness (QED) is 0.372. The molecule has 0 aliphatic carbocycles. The molecule has 0 saturated carbocycles. The van der Waals surface area contributed by atoms with Gasteiger partial charge in [0.05, 0.1) is 6.26 Å². The van der Waals surface area contributed by atoms with Crippen molar-refractivity contribution in [3.63, 3.8) is 0 Å². The van der Waals surface area contributed by atoms with Crippen LogP contribution in [0.2, 0.25) is 0 Å². The predicted molar refractivity (Wildman–Crippen MR) is 24.9 cm³/mol. The van der Waals surface area contributed by atoms with E-state index in [0.717, 1.165) is 0 Å². The second-order valence-electron chi connectivity index (χ2n) is 1.43. The monoisotopic (exact) mass is 113 g/mol. The lowest BCUT2D eigenvalue weighted by Gasteiger charge is -1.99. The molecule has 0 N–H and O–H groups in total. The Morgan fingerprint density at radius 2 is 2.62 bits per heavy atom. The van der Waals surface area contributed by atoms with Gasteiger partial charge in [0.15, 0.2) is 6.10 Å². The summed E-state index contributed by atoms with van der Waals surface area (Å²) in [7, 11) is 0. The Bertz CT molecular complexity index is 128. The van der Waals surface area contributed by atoms with Gasteiger partial charge >= 0.3 is 0 Å². The Kier molecular flexibility index (Phi) is 1.32. The lowest BCUT2D eigenvalue weighted by molar-refractivity contribution is -0.318. The van der Waals surface area contributed by atoms with Gasteiger partial charge < -0.3 is 4.74 Å². The van der Waals surface area contributed by atoms with Crippen molar-refractivity contribution in [3.05, 3.63) is 24.7 Å². The highest BCUT2D eigenvalue weighted by Crippen LogP contribution is 2.13. The van der Waals surface area contributed by atoms with Crippen LogP contribution in [0.15, 0.2) is 24.7 Å². The van der Waals surface area contributed by atoms with Crippen LogP contribution in [0.25, 0.3) is 0 Å². The maximum absolute atomic E-state index is 9.65. The Morgan fingerprint density at radius 3 is 2.88 bits per heavy atom. The first-order valence-electron chi connectivity index (χ1n) is 2.15. The zero-order chi connectivity index (χ0) is 5.98. The average Bonchev–Trinajstić information content (AvgIpc) is 2.14. The summed E-state index contributed by atoms with van der Waals surface area (Å²) in [6.45, 7) is 3.40. The fourth-order valence-electron chi connectivity index (χ4n) is 0.458. The predicted octanol–water partition coefficient (Wildman–Crippen LogP) is 0.775. The van der Waals surface area contributed by atoms with Crippen LogP contribution in [0, 0.1) is 0 Å². The zero-order valence-corrected chi connectivity index (χ0v) is 4.16. The molecule has 3 heteroatoms. The molecule has 1 heterocycles. The van der Waals surface area contributed by atoms with Gasteiger partial charge in [-0.05, 0) is 11.3 Å². The summed E-state index contributed by atoms with van der Waals surface area (Å²) in [5.74, 6) is 0.347. The van der Waals surface area contributed by atoms with Crippen molar-refractivity contribution in [1.29, 1.82) is 0 Å². The van der Waals surface area contributed by atoms with E-state index < -0.39 is 6.10 Å². The van der Waals surface area contributed by atoms with Crippen LogP contribution in [0.4, 0.5) is 0 Å². The largest absolute Gasteiger partial charge is 0.467 e. The van der Waals surface area contributed by atoms with Crippen LogP contribution >= 0.6 is 0 Å². The van der Waals surface area contributed by atoms with Crippen LogP contribution in [0.1, 0.15) is 0 Å². The highest BCUT2D eigenvalue weighted by Gasteiger charge is 2.15. The fourth-order valence-corrected chi connectivity index (χ4v) is 0.458. The Balaban J connectivity index is 2.53. The minimum Gasteiger partial charge on any atom is -0.467 e. The smallest absolute Gasteiger partial charge is 0.174 e. The Labute approximate surface area is 46.8 Å². The summed E-state index contributed by atoms with van der Waals surface area (Å²) in [6.07, 6.45) is 2.29. The summed E-state index contributed by atoms with van der Waals surface area (Å²) >= 11 is 0. The molecule has 1 aliphatic rings. The van der Waals surface area contributed by atoms with Crippen molar-refractivity contribution in [2.75, 3.05) is 0 Å². The topological polar surface area (TPSA) is 38.4 Å². The fraction of sp³-hybridized carbons (Fsp3) is 0.200. The first-order chi connectivity index (χ1) is 3.84. The molecular weight excluding hydrogens is 108 g/mol. The minimum absolute atomic E-state index is 0.347. The molecule has 43 valence electrons. The van der Waals surface area contributed by atoms with Crippen LogP contribution in [-0.4, -0.2) is 6.10 Å². The van der Waals surface area contributed by atoms with E-state index in [4.69, 9.17) is 0 Å². The molecule has 0 bridgehead atoms. The van der Waals surface area contributed by atoms with Crippen LogP contribution in [0.5, 0.6) is 0 Å². The minimum atomic E-state index is -0.588. The van der Waals surface area contributed by atoms with Crippen molar-refractivity contribution in [2.45, 2.75) is 6.10 Å². The first kappa shape index (κ1) is 5.34. The summed E-state index contributed by atoms with van der Waals surface area (Å²) in [6, 6.07) is 0. The van der Waals surface area contributed by atoms with Gasteiger partial charge in [0.1, 0.15) is 5.76 Å². The van der Waals surface area contributed by atoms with Crippen LogP contribution < -0.4 is 0 Å². The highest BCUT2D eigenvalue weighted by atomic mass is 17.1. The van der Waals surface area contributed by atoms with Crippen molar-refractivity contribution < 1.29 is 14.9 Å². The second-order valence-corrected chi connectivity index (χ2v) is 1.43. The van der Waals surface area contributed by atoms with Crippen molar-refractivity contribution in [1.82, 2.24) is 0 Å². The van der Waals surface area contributed by atoms with E-state index in [2.05, 4.69) is 16.2 Å². The van der Waals surface area contributed by atoms with Crippen LogP contribution in [0.3, 0.4) is 0 Å². The maximum atomic E-state index is 9.65. The van der Waals surface area contributed by atoms with E-state index in [1.807, 2.05) is 0 Å². The third-order valence-corrected chi connectivity index (χ3v) is 0.894. The molecule has 1 radical (unpaired) electrons. The Hall–Kier alpha value is -0.800. The molecule has 0 saturated heterocycles. The van der Waals surface area contributed by atoms with E-state index in [1.165, 1.54) is 12.3 Å². The number of hydrogen-bond donors (Lipinski definition) is 0. The summed E-state index contributed by atoms with van der Waals surface area (Å²) in [5, 5.41) is 9.65. The third kappa shape index (κ3) is 0.731. The first-order valence-corrected chi connectivity index (χ1v) is 2.15. The van der Waals surface area contributed by atoms with E-state index in [0.29, 0.717) is 5.76 Å². The molecule has 0 aromatic heterocycles. The van der Waals surface area contributed by atoms with Gasteiger partial charge in [0.2, 0.25) is 0 Å². The van der Waals surface area contributed by atoms with E-state index in [1.54, 1.807) is 0 Å². The van der Waals surface area contributed by atoms with Gasteiger partial charge in [-0.1, -0.05) is 6.58 Å². The number of hydrogen-bond acceptors (Lipinski definition) is 2. The molecule has 0 aromatic rings. The van der Waals surface area contributed by atoms with Crippen molar-refractivity contribution in [2.24, 2.45) is 0 Å². The molecule has 0 fully saturated rings. The second kappa shape index (κ2) is 1.98. The number of ether oxygens (including phenoxy) is 1. The normalized spacial score (nSPS) is 26.1. The van der Waals surface area contributed by atoms with Gasteiger partial charge in [-0.3, -0.25) is 0 Å². The average molecular weight is 113 g/mol. The van der Waals surface area contributed by atoms with Gasteiger partial charge in [-0.2, -0.15) is 4.89 Å². The summed E-state index contributed by atoms with van der Waals surface area (Å²) in [4.78, 5) is 3.66. The molecule has 0 amide bonds. The number of rotatable bonds is 1. The molecule has 1 aliphatic heterocycles. The van der Waals surface area contributed by atoms with E-state index in [9.17, 15) is 5.26 Å². The van der Waals surface area contributed by atoms with Gasteiger partial charge in [0, 0.05) is 0 Å². The lowest BCUT2D eigenvalue weighted by atomic mass is 10.3.